The van der Waals surface area contributed by atoms with Crippen LogP contribution < -0.4 is 4.57 Å². The number of aryl methyl sites for hydroxylation is 2. The summed E-state index contributed by atoms with van der Waals surface area (Å²) in [5.74, 6) is 0. The zero-order chi connectivity index (χ0) is 17.7. The molecule has 5 rings (SSSR count). The molecular weight excluding hydrogens is 314 g/mol. The van der Waals surface area contributed by atoms with Gasteiger partial charge in [-0.3, -0.25) is 0 Å². The Morgan fingerprint density at radius 1 is 0.615 bits per heavy atom. The predicted octanol–water partition coefficient (Wildman–Crippen LogP) is 5.95. The maximum Gasteiger partial charge on any atom is 0.213 e. The van der Waals surface area contributed by atoms with Gasteiger partial charge in [-0.1, -0.05) is 48.5 Å². The monoisotopic (exact) mass is 334 g/mol. The van der Waals surface area contributed by atoms with E-state index in [-0.39, 0.29) is 0 Å². The highest BCUT2D eigenvalue weighted by molar-refractivity contribution is 6.14. The molecule has 0 unspecified atom stereocenters. The summed E-state index contributed by atoms with van der Waals surface area (Å²) < 4.78 is 2.20. The highest BCUT2D eigenvalue weighted by Gasteiger charge is 2.16. The minimum Gasteiger partial charge on any atom is -0.201 e. The highest BCUT2D eigenvalue weighted by Crippen LogP contribution is 2.35. The van der Waals surface area contributed by atoms with Crippen LogP contribution in [0.2, 0.25) is 0 Å². The topological polar surface area (TPSA) is 3.88 Å². The van der Waals surface area contributed by atoms with Crippen LogP contribution in [0.5, 0.6) is 0 Å². The van der Waals surface area contributed by atoms with Crippen molar-refractivity contribution in [2.24, 2.45) is 7.05 Å². The van der Waals surface area contributed by atoms with Crippen LogP contribution in [0.1, 0.15) is 5.56 Å². The van der Waals surface area contributed by atoms with Crippen molar-refractivity contribution in [1.29, 1.82) is 0 Å². The first-order chi connectivity index (χ1) is 12.7. The zero-order valence-electron chi connectivity index (χ0n) is 15.0. The van der Waals surface area contributed by atoms with Crippen LogP contribution in [0, 0.1) is 6.92 Å². The zero-order valence-corrected chi connectivity index (χ0v) is 15.0. The maximum absolute atomic E-state index is 2.38. The second-order valence-corrected chi connectivity index (χ2v) is 7.04. The molecule has 0 aliphatic rings. The molecule has 0 bridgehead atoms. The van der Waals surface area contributed by atoms with Gasteiger partial charge in [-0.15, -0.1) is 0 Å². The van der Waals surface area contributed by atoms with Gasteiger partial charge in [0.15, 0.2) is 6.20 Å². The molecule has 1 nitrogen and oxygen atoms in total. The van der Waals surface area contributed by atoms with E-state index in [9.17, 15) is 0 Å². The average Bonchev–Trinajstić information content (AvgIpc) is 2.67. The Morgan fingerprint density at radius 3 is 2.23 bits per heavy atom. The molecule has 0 spiro atoms. The number of nitrogens with zero attached hydrogens (tertiary/aromatic N) is 1. The minimum absolute atomic E-state index is 1.25. The number of fused-ring (bicyclic) bond motifs is 4. The largest absolute Gasteiger partial charge is 0.213 e. The summed E-state index contributed by atoms with van der Waals surface area (Å²) in [7, 11) is 2.12. The molecule has 0 aliphatic heterocycles. The second kappa shape index (κ2) is 5.67. The lowest BCUT2D eigenvalue weighted by Gasteiger charge is -2.12. The number of aromatic nitrogens is 1. The van der Waals surface area contributed by atoms with Crippen molar-refractivity contribution in [1.82, 2.24) is 0 Å². The van der Waals surface area contributed by atoms with Crippen LogP contribution in [-0.4, -0.2) is 0 Å². The molecule has 0 fully saturated rings. The van der Waals surface area contributed by atoms with E-state index in [1.54, 1.807) is 0 Å². The lowest BCUT2D eigenvalue weighted by atomic mass is 9.92. The average molecular weight is 334 g/mol. The Labute approximate surface area is 153 Å². The number of pyridine rings is 1. The molecule has 26 heavy (non-hydrogen) atoms. The summed E-state index contributed by atoms with van der Waals surface area (Å²) in [5, 5.41) is 7.83. The maximum atomic E-state index is 2.38. The van der Waals surface area contributed by atoms with Crippen molar-refractivity contribution in [3.63, 3.8) is 0 Å². The Bertz CT molecular complexity index is 1300. The Balaban J connectivity index is 1.96. The van der Waals surface area contributed by atoms with Crippen LogP contribution in [0.15, 0.2) is 85.1 Å². The van der Waals surface area contributed by atoms with Gasteiger partial charge in [0, 0.05) is 12.1 Å². The van der Waals surface area contributed by atoms with Gasteiger partial charge in [-0.2, -0.15) is 0 Å². The Morgan fingerprint density at radius 2 is 1.35 bits per heavy atom. The van der Waals surface area contributed by atoms with E-state index in [1.165, 1.54) is 49.1 Å². The number of benzene rings is 4. The van der Waals surface area contributed by atoms with Gasteiger partial charge < -0.3 is 0 Å². The third-order valence-electron chi connectivity index (χ3n) is 5.40. The van der Waals surface area contributed by atoms with Crippen molar-refractivity contribution in [2.75, 3.05) is 0 Å². The van der Waals surface area contributed by atoms with Crippen LogP contribution in [0.3, 0.4) is 0 Å². The number of hydrogen-bond acceptors (Lipinski definition) is 0. The lowest BCUT2D eigenvalue weighted by Crippen LogP contribution is -2.30. The van der Waals surface area contributed by atoms with Gasteiger partial charge in [-0.25, -0.2) is 4.57 Å². The van der Waals surface area contributed by atoms with E-state index in [0.29, 0.717) is 0 Å². The smallest absolute Gasteiger partial charge is 0.201 e. The Kier molecular flexibility index (Phi) is 3.29. The van der Waals surface area contributed by atoms with Gasteiger partial charge in [0.05, 0.1) is 5.56 Å². The van der Waals surface area contributed by atoms with Crippen molar-refractivity contribution < 1.29 is 4.57 Å². The summed E-state index contributed by atoms with van der Waals surface area (Å²) in [5.41, 5.74) is 3.87. The summed E-state index contributed by atoms with van der Waals surface area (Å²) in [4.78, 5) is 0. The fourth-order valence-electron chi connectivity index (χ4n) is 4.06. The molecule has 4 aromatic carbocycles. The fraction of sp³-hybridized carbons (Fsp3) is 0.0800. The van der Waals surface area contributed by atoms with Gasteiger partial charge >= 0.3 is 0 Å². The van der Waals surface area contributed by atoms with E-state index in [1.807, 2.05) is 0 Å². The van der Waals surface area contributed by atoms with Crippen LogP contribution in [-0.2, 0) is 7.05 Å². The SMILES string of the molecule is Cc1ccc2cc3ccc4ccccc4c3cc2c1-c1cccc[n+]1C. The van der Waals surface area contributed by atoms with E-state index in [0.717, 1.165) is 0 Å². The normalized spacial score (nSPS) is 11.5. The van der Waals surface area contributed by atoms with Crippen LogP contribution >= 0.6 is 0 Å². The van der Waals surface area contributed by atoms with Gasteiger partial charge in [0.2, 0.25) is 5.69 Å². The molecular formula is C25H20N+. The van der Waals surface area contributed by atoms with Crippen molar-refractivity contribution >= 4 is 32.3 Å². The molecule has 0 saturated heterocycles. The molecule has 5 aromatic rings. The molecule has 0 radical (unpaired) electrons. The second-order valence-electron chi connectivity index (χ2n) is 7.04. The standard InChI is InChI=1S/C25H20N/c1-17-10-11-20-15-19-13-12-18-7-3-4-8-21(18)22(19)16-23(20)25(17)24-9-5-6-14-26(24)2/h3-16H,1-2H3/q+1. The summed E-state index contributed by atoms with van der Waals surface area (Å²) in [6.07, 6.45) is 2.12. The van der Waals surface area contributed by atoms with Crippen LogP contribution in [0.25, 0.3) is 43.6 Å². The van der Waals surface area contributed by atoms with E-state index in [2.05, 4.69) is 104 Å². The van der Waals surface area contributed by atoms with E-state index in [4.69, 9.17) is 0 Å². The van der Waals surface area contributed by atoms with E-state index >= 15 is 0 Å². The van der Waals surface area contributed by atoms with Crippen LogP contribution in [0.4, 0.5) is 0 Å². The molecule has 1 heterocycles. The molecule has 0 amide bonds. The fourth-order valence-corrected chi connectivity index (χ4v) is 4.06. The minimum atomic E-state index is 1.25. The van der Waals surface area contributed by atoms with Crippen molar-refractivity contribution in [3.8, 4) is 11.3 Å². The molecule has 124 valence electrons. The summed E-state index contributed by atoms with van der Waals surface area (Å²) >= 11 is 0. The van der Waals surface area contributed by atoms with E-state index < -0.39 is 0 Å². The first-order valence-electron chi connectivity index (χ1n) is 9.02. The molecule has 0 aliphatic carbocycles. The predicted molar refractivity (Wildman–Crippen MR) is 110 cm³/mol. The van der Waals surface area contributed by atoms with Gasteiger partial charge in [0.25, 0.3) is 0 Å². The lowest BCUT2D eigenvalue weighted by molar-refractivity contribution is -0.660. The quantitative estimate of drug-likeness (QED) is 0.203. The number of rotatable bonds is 1. The van der Waals surface area contributed by atoms with Gasteiger partial charge in [-0.05, 0) is 63.0 Å². The highest BCUT2D eigenvalue weighted by atomic mass is 14.9. The third-order valence-corrected chi connectivity index (χ3v) is 5.40. The van der Waals surface area contributed by atoms with Gasteiger partial charge in [0.1, 0.15) is 7.05 Å². The molecule has 1 heteroatoms. The first kappa shape index (κ1) is 15.1. The van der Waals surface area contributed by atoms with Crippen molar-refractivity contribution in [2.45, 2.75) is 6.92 Å². The Hall–Kier alpha value is -3.19. The summed E-state index contributed by atoms with van der Waals surface area (Å²) in [6, 6.07) is 28.7. The molecule has 0 N–H and O–H groups in total. The first-order valence-corrected chi connectivity index (χ1v) is 9.02. The summed E-state index contributed by atoms with van der Waals surface area (Å²) in [6.45, 7) is 2.20. The number of hydrogen-bond donors (Lipinski definition) is 0. The molecule has 0 atom stereocenters. The molecule has 0 saturated carbocycles. The molecule has 1 aromatic heterocycles. The third kappa shape index (κ3) is 2.21. The van der Waals surface area contributed by atoms with Crippen molar-refractivity contribution in [3.05, 3.63) is 90.6 Å².